The fraction of sp³-hybridized carbons (Fsp3) is 0.211. The lowest BCUT2D eigenvalue weighted by Crippen LogP contribution is -1.95. The molecule has 0 aliphatic rings. The molecule has 1 aromatic heterocycles. The van der Waals surface area contributed by atoms with Crippen LogP contribution >= 0.6 is 11.3 Å². The van der Waals surface area contributed by atoms with E-state index in [9.17, 15) is 0 Å². The molecule has 0 bridgehead atoms. The molecular formula is C19H20N2OS. The second kappa shape index (κ2) is 6.42. The highest BCUT2D eigenvalue weighted by Crippen LogP contribution is 2.30. The summed E-state index contributed by atoms with van der Waals surface area (Å²) < 4.78 is 5.21. The maximum Gasteiger partial charge on any atom is 0.180 e. The van der Waals surface area contributed by atoms with Gasteiger partial charge in [-0.3, -0.25) is 0 Å². The van der Waals surface area contributed by atoms with Crippen LogP contribution in [0, 0.1) is 13.8 Å². The Morgan fingerprint density at radius 2 is 1.70 bits per heavy atom. The lowest BCUT2D eigenvalue weighted by atomic mass is 9.94. The van der Waals surface area contributed by atoms with Gasteiger partial charge in [0.05, 0.1) is 12.8 Å². The minimum Gasteiger partial charge on any atom is -0.497 e. The number of benzene rings is 2. The van der Waals surface area contributed by atoms with Crippen LogP contribution in [0.1, 0.15) is 22.3 Å². The molecule has 0 radical (unpaired) electrons. The molecule has 0 aliphatic heterocycles. The number of nitrogen functional groups attached to an aromatic ring is 1. The Bertz CT molecular complexity index is 799. The van der Waals surface area contributed by atoms with Gasteiger partial charge in [-0.25, -0.2) is 4.98 Å². The number of nitrogens with two attached hydrogens (primary N) is 1. The summed E-state index contributed by atoms with van der Waals surface area (Å²) in [5.41, 5.74) is 13.0. The molecular weight excluding hydrogens is 304 g/mol. The highest BCUT2D eigenvalue weighted by atomic mass is 32.1. The van der Waals surface area contributed by atoms with E-state index in [2.05, 4.69) is 43.1 Å². The second-order valence-electron chi connectivity index (χ2n) is 5.70. The number of thiazole rings is 1. The van der Waals surface area contributed by atoms with Crippen LogP contribution in [0.15, 0.2) is 41.8 Å². The van der Waals surface area contributed by atoms with Crippen molar-refractivity contribution in [2.75, 3.05) is 12.8 Å². The van der Waals surface area contributed by atoms with Crippen LogP contribution in [-0.4, -0.2) is 12.1 Å². The van der Waals surface area contributed by atoms with Gasteiger partial charge in [0, 0.05) is 10.9 Å². The minimum atomic E-state index is 0.612. The molecule has 0 amide bonds. The molecule has 4 heteroatoms. The van der Waals surface area contributed by atoms with E-state index in [1.165, 1.54) is 39.2 Å². The van der Waals surface area contributed by atoms with Crippen molar-refractivity contribution in [2.24, 2.45) is 0 Å². The summed E-state index contributed by atoms with van der Waals surface area (Å²) in [6, 6.07) is 12.7. The normalized spacial score (nSPS) is 10.7. The van der Waals surface area contributed by atoms with Crippen LogP contribution < -0.4 is 10.5 Å². The summed E-state index contributed by atoms with van der Waals surface area (Å²) in [5, 5.41) is 2.63. The van der Waals surface area contributed by atoms with E-state index in [0.717, 1.165) is 17.9 Å². The molecule has 23 heavy (non-hydrogen) atoms. The number of aryl methyl sites for hydroxylation is 2. The summed E-state index contributed by atoms with van der Waals surface area (Å²) >= 11 is 1.48. The number of hydrogen-bond donors (Lipinski definition) is 1. The van der Waals surface area contributed by atoms with Gasteiger partial charge < -0.3 is 10.5 Å². The van der Waals surface area contributed by atoms with E-state index < -0.39 is 0 Å². The van der Waals surface area contributed by atoms with Crippen LogP contribution in [0.2, 0.25) is 0 Å². The smallest absolute Gasteiger partial charge is 0.180 e. The van der Waals surface area contributed by atoms with Gasteiger partial charge in [0.25, 0.3) is 0 Å². The molecule has 1 heterocycles. The van der Waals surface area contributed by atoms with E-state index in [1.807, 2.05) is 17.5 Å². The third-order valence-corrected chi connectivity index (χ3v) is 4.61. The summed E-state index contributed by atoms with van der Waals surface area (Å²) in [6.45, 7) is 4.27. The highest BCUT2D eigenvalue weighted by molar-refractivity contribution is 7.13. The van der Waals surface area contributed by atoms with Crippen molar-refractivity contribution in [1.29, 1.82) is 0 Å². The minimum absolute atomic E-state index is 0.612. The molecule has 2 N–H and O–H groups in total. The van der Waals surface area contributed by atoms with E-state index in [1.54, 1.807) is 7.11 Å². The highest BCUT2D eigenvalue weighted by Gasteiger charge is 2.11. The zero-order valence-corrected chi connectivity index (χ0v) is 14.4. The van der Waals surface area contributed by atoms with E-state index in [4.69, 9.17) is 10.5 Å². The van der Waals surface area contributed by atoms with Gasteiger partial charge in [0.1, 0.15) is 5.75 Å². The Kier molecular flexibility index (Phi) is 4.35. The summed E-state index contributed by atoms with van der Waals surface area (Å²) in [5.74, 6) is 0.887. The third kappa shape index (κ3) is 3.37. The summed E-state index contributed by atoms with van der Waals surface area (Å²) in [7, 11) is 1.69. The fourth-order valence-corrected chi connectivity index (χ4v) is 3.49. The maximum absolute atomic E-state index is 5.77. The summed E-state index contributed by atoms with van der Waals surface area (Å²) in [4.78, 5) is 4.42. The average Bonchev–Trinajstić information content (AvgIpc) is 2.93. The van der Waals surface area contributed by atoms with Crippen LogP contribution in [0.4, 0.5) is 5.13 Å². The molecule has 3 aromatic rings. The molecule has 3 nitrogen and oxygen atoms in total. The number of rotatable bonds is 4. The molecule has 2 aromatic carbocycles. The topological polar surface area (TPSA) is 48.1 Å². The average molecular weight is 324 g/mol. The van der Waals surface area contributed by atoms with Gasteiger partial charge in [-0.05, 0) is 54.7 Å². The van der Waals surface area contributed by atoms with E-state index in [-0.39, 0.29) is 0 Å². The first-order valence-corrected chi connectivity index (χ1v) is 8.39. The first kappa shape index (κ1) is 15.6. The molecule has 0 saturated heterocycles. The molecule has 0 aliphatic carbocycles. The van der Waals surface area contributed by atoms with Crippen LogP contribution in [0.5, 0.6) is 5.75 Å². The van der Waals surface area contributed by atoms with Crippen molar-refractivity contribution in [1.82, 2.24) is 4.98 Å². The molecule has 0 saturated carbocycles. The van der Waals surface area contributed by atoms with Crippen molar-refractivity contribution in [3.63, 3.8) is 0 Å². The largest absolute Gasteiger partial charge is 0.497 e. The van der Waals surface area contributed by atoms with Gasteiger partial charge in [-0.1, -0.05) is 24.3 Å². The second-order valence-corrected chi connectivity index (χ2v) is 6.59. The van der Waals surface area contributed by atoms with Crippen LogP contribution in [-0.2, 0) is 6.42 Å². The number of aromatic nitrogens is 1. The number of hydrogen-bond acceptors (Lipinski definition) is 4. The molecule has 118 valence electrons. The first-order chi connectivity index (χ1) is 11.1. The summed E-state index contributed by atoms with van der Waals surface area (Å²) in [6.07, 6.45) is 0.908. The van der Waals surface area contributed by atoms with Crippen molar-refractivity contribution >= 4 is 16.5 Å². The maximum atomic E-state index is 5.77. The van der Waals surface area contributed by atoms with Gasteiger partial charge in [0.2, 0.25) is 0 Å². The van der Waals surface area contributed by atoms with Gasteiger partial charge in [-0.2, -0.15) is 0 Å². The lowest BCUT2D eigenvalue weighted by Gasteiger charge is -2.11. The van der Waals surface area contributed by atoms with E-state index >= 15 is 0 Å². The third-order valence-electron chi connectivity index (χ3n) is 3.94. The Morgan fingerprint density at radius 1 is 1.04 bits per heavy atom. The Balaban J connectivity index is 1.89. The van der Waals surface area contributed by atoms with Crippen LogP contribution in [0.3, 0.4) is 0 Å². The number of methoxy groups -OCH3 is 1. The van der Waals surface area contributed by atoms with Crippen molar-refractivity contribution in [3.05, 3.63) is 64.0 Å². The van der Waals surface area contributed by atoms with Crippen molar-refractivity contribution in [3.8, 4) is 17.0 Å². The fourth-order valence-electron chi connectivity index (χ4n) is 2.94. The van der Waals surface area contributed by atoms with E-state index in [0.29, 0.717) is 5.13 Å². The first-order valence-electron chi connectivity index (χ1n) is 7.51. The quantitative estimate of drug-likeness (QED) is 0.762. The number of nitrogens with zero attached hydrogens (tertiary/aromatic N) is 1. The SMILES string of the molecule is COc1ccc(Cc2cc(C)c(-c3csc(N)n3)c(C)c2)cc1. The van der Waals surface area contributed by atoms with Gasteiger partial charge >= 0.3 is 0 Å². The molecule has 0 fully saturated rings. The van der Waals surface area contributed by atoms with Crippen molar-refractivity contribution in [2.45, 2.75) is 20.3 Å². The molecule has 3 rings (SSSR count). The Hall–Kier alpha value is -2.33. The molecule has 0 spiro atoms. The van der Waals surface area contributed by atoms with Gasteiger partial charge in [0.15, 0.2) is 5.13 Å². The number of ether oxygens (including phenoxy) is 1. The lowest BCUT2D eigenvalue weighted by molar-refractivity contribution is 0.414. The van der Waals surface area contributed by atoms with Crippen molar-refractivity contribution < 1.29 is 4.74 Å². The predicted octanol–water partition coefficient (Wildman–Crippen LogP) is 4.61. The molecule has 0 unspecified atom stereocenters. The Labute approximate surface area is 140 Å². The van der Waals surface area contributed by atoms with Gasteiger partial charge in [-0.15, -0.1) is 11.3 Å². The Morgan fingerprint density at radius 3 is 2.22 bits per heavy atom. The molecule has 0 atom stereocenters. The number of anilines is 1. The van der Waals surface area contributed by atoms with Crippen LogP contribution in [0.25, 0.3) is 11.3 Å². The standard InChI is InChI=1S/C19H20N2OS/c1-12-8-15(10-14-4-6-16(22-3)7-5-14)9-13(2)18(12)17-11-23-19(20)21-17/h4-9,11H,10H2,1-3H3,(H2,20,21). The monoisotopic (exact) mass is 324 g/mol. The zero-order valence-electron chi connectivity index (χ0n) is 13.6. The predicted molar refractivity (Wildman–Crippen MR) is 97.2 cm³/mol. The zero-order chi connectivity index (χ0) is 16.4.